The van der Waals surface area contributed by atoms with E-state index in [2.05, 4.69) is 4.98 Å². The van der Waals surface area contributed by atoms with Crippen LogP contribution in [-0.2, 0) is 0 Å². The van der Waals surface area contributed by atoms with Crippen molar-refractivity contribution >= 4 is 27.9 Å². The summed E-state index contributed by atoms with van der Waals surface area (Å²) in [5.41, 5.74) is 6.42. The first kappa shape index (κ1) is 10.3. The molecule has 0 aliphatic rings. The highest BCUT2D eigenvalue weighted by Gasteiger charge is 2.11. The molecule has 0 fully saturated rings. The highest BCUT2D eigenvalue weighted by atomic mass is 16.3. The fourth-order valence-corrected chi connectivity index (χ4v) is 1.83. The van der Waals surface area contributed by atoms with E-state index in [4.69, 9.17) is 15.4 Å². The standard InChI is InChI=1S/C13H7N3O2/c14-6-7-5-10-11(16-13(7)15)12(17)8-3-1-2-4-9(8)18-10/h1-5H,(H2,15,16). The minimum absolute atomic E-state index is 0.0348. The van der Waals surface area contributed by atoms with Gasteiger partial charge in [-0.3, -0.25) is 4.79 Å². The number of nitrogen functional groups attached to an aromatic ring is 1. The Balaban J connectivity index is 2.57. The van der Waals surface area contributed by atoms with Crippen LogP contribution in [0.3, 0.4) is 0 Å². The summed E-state index contributed by atoms with van der Waals surface area (Å²) in [6.45, 7) is 0. The molecule has 2 N–H and O–H groups in total. The fraction of sp³-hybridized carbons (Fsp3) is 0. The molecule has 0 bridgehead atoms. The number of anilines is 1. The number of fused-ring (bicyclic) bond motifs is 2. The maximum atomic E-state index is 12.2. The van der Waals surface area contributed by atoms with Gasteiger partial charge in [-0.1, -0.05) is 12.1 Å². The third kappa shape index (κ3) is 1.33. The van der Waals surface area contributed by atoms with Gasteiger partial charge in [0.25, 0.3) is 0 Å². The number of nitriles is 1. The number of hydrogen-bond acceptors (Lipinski definition) is 5. The summed E-state index contributed by atoms with van der Waals surface area (Å²) >= 11 is 0. The van der Waals surface area contributed by atoms with Crippen molar-refractivity contribution in [2.45, 2.75) is 0 Å². The molecule has 5 heteroatoms. The Kier molecular flexibility index (Phi) is 2.04. The lowest BCUT2D eigenvalue weighted by atomic mass is 10.2. The van der Waals surface area contributed by atoms with E-state index in [-0.39, 0.29) is 27.9 Å². The molecule has 2 aromatic heterocycles. The van der Waals surface area contributed by atoms with Crippen molar-refractivity contribution in [2.24, 2.45) is 0 Å². The first-order valence-electron chi connectivity index (χ1n) is 5.23. The molecule has 1 aromatic carbocycles. The second-order valence-corrected chi connectivity index (χ2v) is 3.81. The Labute approximate surface area is 101 Å². The monoisotopic (exact) mass is 237 g/mol. The molecule has 0 saturated carbocycles. The smallest absolute Gasteiger partial charge is 0.219 e. The number of para-hydroxylation sites is 1. The Morgan fingerprint density at radius 1 is 1.28 bits per heavy atom. The zero-order chi connectivity index (χ0) is 12.7. The molecule has 0 saturated heterocycles. The molecule has 0 aliphatic heterocycles. The lowest BCUT2D eigenvalue weighted by Crippen LogP contribution is -2.06. The molecule has 3 rings (SSSR count). The van der Waals surface area contributed by atoms with E-state index in [0.717, 1.165) is 0 Å². The number of nitrogens with two attached hydrogens (primary N) is 1. The van der Waals surface area contributed by atoms with Crippen LogP contribution in [0.4, 0.5) is 5.82 Å². The van der Waals surface area contributed by atoms with E-state index in [0.29, 0.717) is 11.0 Å². The number of aromatic nitrogens is 1. The third-order valence-corrected chi connectivity index (χ3v) is 2.70. The lowest BCUT2D eigenvalue weighted by molar-refractivity contribution is 0.658. The molecule has 86 valence electrons. The van der Waals surface area contributed by atoms with Crippen LogP contribution in [0.5, 0.6) is 0 Å². The van der Waals surface area contributed by atoms with Crippen molar-refractivity contribution in [3.05, 3.63) is 46.1 Å². The van der Waals surface area contributed by atoms with Crippen molar-refractivity contribution < 1.29 is 4.42 Å². The number of benzene rings is 1. The van der Waals surface area contributed by atoms with Gasteiger partial charge in [-0.15, -0.1) is 0 Å². The summed E-state index contributed by atoms with van der Waals surface area (Å²) in [5, 5.41) is 9.32. The second-order valence-electron chi connectivity index (χ2n) is 3.81. The van der Waals surface area contributed by atoms with Crippen molar-refractivity contribution in [3.63, 3.8) is 0 Å². The van der Waals surface area contributed by atoms with Gasteiger partial charge in [0.2, 0.25) is 5.43 Å². The number of pyridine rings is 1. The molecule has 0 unspecified atom stereocenters. The summed E-state index contributed by atoms with van der Waals surface area (Å²) in [7, 11) is 0. The minimum atomic E-state index is -0.247. The highest BCUT2D eigenvalue weighted by molar-refractivity contribution is 5.88. The van der Waals surface area contributed by atoms with Crippen molar-refractivity contribution in [2.75, 3.05) is 5.73 Å². The van der Waals surface area contributed by atoms with E-state index in [1.54, 1.807) is 24.3 Å². The van der Waals surface area contributed by atoms with E-state index in [1.165, 1.54) is 6.07 Å². The quantitative estimate of drug-likeness (QED) is 0.601. The van der Waals surface area contributed by atoms with Gasteiger partial charge in [0, 0.05) is 6.07 Å². The van der Waals surface area contributed by atoms with Crippen LogP contribution in [-0.4, -0.2) is 4.98 Å². The molecule has 0 amide bonds. The molecule has 5 nitrogen and oxygen atoms in total. The summed E-state index contributed by atoms with van der Waals surface area (Å²) in [6.07, 6.45) is 0. The molecular weight excluding hydrogens is 230 g/mol. The Hall–Kier alpha value is -2.87. The molecule has 2 heterocycles. The predicted molar refractivity (Wildman–Crippen MR) is 66.9 cm³/mol. The van der Waals surface area contributed by atoms with Crippen molar-refractivity contribution in [3.8, 4) is 6.07 Å². The predicted octanol–water partition coefficient (Wildman–Crippen LogP) is 1.80. The summed E-state index contributed by atoms with van der Waals surface area (Å²) in [5.74, 6) is 0.0348. The van der Waals surface area contributed by atoms with Gasteiger partial charge in [0.05, 0.1) is 10.9 Å². The van der Waals surface area contributed by atoms with Gasteiger partial charge in [0.15, 0.2) is 11.1 Å². The van der Waals surface area contributed by atoms with Crippen LogP contribution in [0.2, 0.25) is 0 Å². The van der Waals surface area contributed by atoms with E-state index in [1.807, 2.05) is 6.07 Å². The minimum Gasteiger partial charge on any atom is -0.454 e. The molecule has 18 heavy (non-hydrogen) atoms. The van der Waals surface area contributed by atoms with E-state index in [9.17, 15) is 4.79 Å². The molecule has 3 aromatic rings. The molecular formula is C13H7N3O2. The van der Waals surface area contributed by atoms with Gasteiger partial charge in [-0.05, 0) is 12.1 Å². The van der Waals surface area contributed by atoms with Crippen molar-refractivity contribution in [1.29, 1.82) is 5.26 Å². The largest absolute Gasteiger partial charge is 0.454 e. The van der Waals surface area contributed by atoms with Crippen LogP contribution in [0, 0.1) is 11.3 Å². The van der Waals surface area contributed by atoms with Gasteiger partial charge in [-0.2, -0.15) is 5.26 Å². The van der Waals surface area contributed by atoms with E-state index < -0.39 is 0 Å². The Bertz CT molecular complexity index is 875. The number of nitrogens with zero attached hydrogens (tertiary/aromatic N) is 2. The maximum Gasteiger partial charge on any atom is 0.219 e. The van der Waals surface area contributed by atoms with E-state index >= 15 is 0 Å². The zero-order valence-corrected chi connectivity index (χ0v) is 9.18. The average Bonchev–Trinajstić information content (AvgIpc) is 2.39. The summed E-state index contributed by atoms with van der Waals surface area (Å²) < 4.78 is 5.56. The van der Waals surface area contributed by atoms with Gasteiger partial charge < -0.3 is 10.2 Å². The zero-order valence-electron chi connectivity index (χ0n) is 9.18. The molecule has 0 spiro atoms. The number of rotatable bonds is 0. The van der Waals surface area contributed by atoms with Crippen LogP contribution in [0.15, 0.2) is 39.5 Å². The Morgan fingerprint density at radius 2 is 2.06 bits per heavy atom. The normalized spacial score (nSPS) is 10.6. The molecule has 0 atom stereocenters. The fourth-order valence-electron chi connectivity index (χ4n) is 1.83. The average molecular weight is 237 g/mol. The van der Waals surface area contributed by atoms with Gasteiger partial charge in [0.1, 0.15) is 17.5 Å². The highest BCUT2D eigenvalue weighted by Crippen LogP contribution is 2.20. The first-order valence-corrected chi connectivity index (χ1v) is 5.23. The van der Waals surface area contributed by atoms with Crippen molar-refractivity contribution in [1.82, 2.24) is 4.98 Å². The van der Waals surface area contributed by atoms with Crippen LogP contribution >= 0.6 is 0 Å². The Morgan fingerprint density at radius 3 is 2.83 bits per heavy atom. The second kappa shape index (κ2) is 3.57. The summed E-state index contributed by atoms with van der Waals surface area (Å²) in [4.78, 5) is 16.1. The topological polar surface area (TPSA) is 92.9 Å². The molecule has 0 radical (unpaired) electrons. The number of hydrogen-bond donors (Lipinski definition) is 1. The SMILES string of the molecule is N#Cc1cc2oc3ccccc3c(=O)c2nc1N. The molecule has 0 aliphatic carbocycles. The van der Waals surface area contributed by atoms with Crippen LogP contribution < -0.4 is 11.2 Å². The van der Waals surface area contributed by atoms with Crippen LogP contribution in [0.25, 0.3) is 22.1 Å². The first-order chi connectivity index (χ1) is 8.70. The van der Waals surface area contributed by atoms with Gasteiger partial charge >= 0.3 is 0 Å². The third-order valence-electron chi connectivity index (χ3n) is 2.70. The van der Waals surface area contributed by atoms with Gasteiger partial charge in [-0.25, -0.2) is 4.98 Å². The summed E-state index contributed by atoms with van der Waals surface area (Å²) in [6, 6.07) is 10.2. The lowest BCUT2D eigenvalue weighted by Gasteiger charge is -2.02. The van der Waals surface area contributed by atoms with Crippen LogP contribution in [0.1, 0.15) is 5.56 Å². The maximum absolute atomic E-state index is 12.2.